The zero-order valence-corrected chi connectivity index (χ0v) is 22.6. The number of anilines is 1. The first-order valence-electron chi connectivity index (χ1n) is 12.3. The molecule has 1 atom stereocenters. The van der Waals surface area contributed by atoms with E-state index in [2.05, 4.69) is 20.6 Å². The fourth-order valence-electron chi connectivity index (χ4n) is 4.39. The number of aliphatic hydroxyl groups excluding tert-OH is 1. The summed E-state index contributed by atoms with van der Waals surface area (Å²) in [5.74, 6) is -0.757. The summed E-state index contributed by atoms with van der Waals surface area (Å²) in [5.41, 5.74) is 10.1. The normalized spacial score (nSPS) is 12.0. The fourth-order valence-corrected chi connectivity index (χ4v) is 5.83. The molecule has 6 rings (SSSR count). The molecule has 0 bridgehead atoms. The second kappa shape index (κ2) is 10.8. The SMILES string of the molecule is Nc1nc2ccc(CNC(=O)c3cccn4c(C(=O)NCC(O)c5ccccn5)c(-c5ccsc5)nc34)cc2s1. The van der Waals surface area contributed by atoms with Crippen LogP contribution in [0.5, 0.6) is 0 Å². The maximum Gasteiger partial charge on any atom is 0.270 e. The van der Waals surface area contributed by atoms with Gasteiger partial charge in [0.1, 0.15) is 17.5 Å². The number of carbonyl (C=O) groups excluding carboxylic acids is 2. The third-order valence-corrected chi connectivity index (χ3v) is 7.84. The fraction of sp³-hybridized carbons (Fsp3) is 0.107. The minimum Gasteiger partial charge on any atom is -0.385 e. The summed E-state index contributed by atoms with van der Waals surface area (Å²) in [7, 11) is 0. The molecular formula is C28H23N7O3S2. The minimum absolute atomic E-state index is 0.0396. The average Bonchev–Trinajstić information content (AvgIpc) is 3.72. The Bertz CT molecular complexity index is 1830. The van der Waals surface area contributed by atoms with Gasteiger partial charge in [-0.3, -0.25) is 19.0 Å². The number of benzene rings is 1. The molecule has 1 unspecified atom stereocenters. The van der Waals surface area contributed by atoms with Crippen molar-refractivity contribution in [3.63, 3.8) is 0 Å². The molecule has 200 valence electrons. The minimum atomic E-state index is -0.976. The third kappa shape index (κ3) is 5.02. The van der Waals surface area contributed by atoms with Crippen molar-refractivity contribution in [2.75, 3.05) is 12.3 Å². The van der Waals surface area contributed by atoms with E-state index in [-0.39, 0.29) is 18.1 Å². The summed E-state index contributed by atoms with van der Waals surface area (Å²) in [6.45, 7) is 0.257. The second-order valence-electron chi connectivity index (χ2n) is 8.95. The van der Waals surface area contributed by atoms with Crippen LogP contribution in [-0.2, 0) is 6.54 Å². The maximum absolute atomic E-state index is 13.5. The van der Waals surface area contributed by atoms with Crippen molar-refractivity contribution >= 4 is 55.5 Å². The Morgan fingerprint density at radius 3 is 2.75 bits per heavy atom. The number of nitrogens with zero attached hydrogens (tertiary/aromatic N) is 4. The van der Waals surface area contributed by atoms with E-state index in [1.807, 2.05) is 35.0 Å². The number of nitrogens with two attached hydrogens (primary N) is 1. The number of nitrogens with one attached hydrogen (secondary N) is 2. The third-order valence-electron chi connectivity index (χ3n) is 6.31. The van der Waals surface area contributed by atoms with E-state index in [0.717, 1.165) is 21.3 Å². The summed E-state index contributed by atoms with van der Waals surface area (Å²) >= 11 is 2.87. The van der Waals surface area contributed by atoms with Gasteiger partial charge in [-0.25, -0.2) is 9.97 Å². The van der Waals surface area contributed by atoms with Crippen molar-refractivity contribution in [3.05, 3.63) is 100 Å². The molecule has 1 aromatic carbocycles. The molecule has 0 spiro atoms. The molecule has 5 N–H and O–H groups in total. The Hall–Kier alpha value is -4.65. The number of carbonyl (C=O) groups is 2. The summed E-state index contributed by atoms with van der Waals surface area (Å²) in [5, 5.41) is 20.5. The lowest BCUT2D eigenvalue weighted by Gasteiger charge is -2.12. The van der Waals surface area contributed by atoms with E-state index < -0.39 is 12.0 Å². The predicted molar refractivity (Wildman–Crippen MR) is 155 cm³/mol. The van der Waals surface area contributed by atoms with E-state index in [1.165, 1.54) is 22.7 Å². The molecule has 0 aliphatic heterocycles. The van der Waals surface area contributed by atoms with E-state index in [4.69, 9.17) is 10.7 Å². The highest BCUT2D eigenvalue weighted by Gasteiger charge is 2.24. The van der Waals surface area contributed by atoms with Gasteiger partial charge < -0.3 is 21.5 Å². The topological polar surface area (TPSA) is 148 Å². The van der Waals surface area contributed by atoms with Crippen LogP contribution >= 0.6 is 22.7 Å². The highest BCUT2D eigenvalue weighted by molar-refractivity contribution is 7.22. The molecule has 0 saturated heterocycles. The van der Waals surface area contributed by atoms with Crippen LogP contribution in [0, 0.1) is 0 Å². The van der Waals surface area contributed by atoms with E-state index in [9.17, 15) is 14.7 Å². The Labute approximate surface area is 236 Å². The number of thiazole rings is 1. The number of imidazole rings is 1. The standard InChI is InChI=1S/C28H23N7O3S2/c29-28-33-20-7-6-16(12-22(20)40-28)13-31-26(37)18-4-3-10-35-24(23(34-25(18)35)17-8-11-39-15-17)27(38)32-14-21(36)19-5-1-2-9-30-19/h1-12,15,21,36H,13-14H2,(H2,29,33)(H,31,37)(H,32,38). The van der Waals surface area contributed by atoms with Gasteiger partial charge in [-0.1, -0.05) is 23.5 Å². The lowest BCUT2D eigenvalue weighted by molar-refractivity contribution is 0.0907. The van der Waals surface area contributed by atoms with E-state index in [0.29, 0.717) is 34.3 Å². The Kier molecular flexibility index (Phi) is 6.95. The van der Waals surface area contributed by atoms with Crippen LogP contribution in [0.1, 0.15) is 38.2 Å². The molecule has 6 aromatic rings. The van der Waals surface area contributed by atoms with Crippen molar-refractivity contribution in [1.82, 2.24) is 30.0 Å². The lowest BCUT2D eigenvalue weighted by atomic mass is 10.2. The number of nitrogen functional groups attached to an aromatic ring is 1. The van der Waals surface area contributed by atoms with Gasteiger partial charge in [-0.2, -0.15) is 11.3 Å². The van der Waals surface area contributed by atoms with Gasteiger partial charge in [0, 0.05) is 36.4 Å². The molecule has 10 nitrogen and oxygen atoms in total. The number of aliphatic hydroxyl groups is 1. The van der Waals surface area contributed by atoms with Gasteiger partial charge in [0.05, 0.1) is 21.5 Å². The van der Waals surface area contributed by atoms with Gasteiger partial charge in [-0.15, -0.1) is 0 Å². The predicted octanol–water partition coefficient (Wildman–Crippen LogP) is 4.04. The molecule has 0 saturated carbocycles. The number of amides is 2. The summed E-state index contributed by atoms with van der Waals surface area (Å²) in [4.78, 5) is 39.9. The first kappa shape index (κ1) is 25.6. The van der Waals surface area contributed by atoms with E-state index >= 15 is 0 Å². The number of hydrogen-bond donors (Lipinski definition) is 4. The van der Waals surface area contributed by atoms with Crippen LogP contribution in [0.3, 0.4) is 0 Å². The van der Waals surface area contributed by atoms with Crippen LogP contribution in [0.25, 0.3) is 27.1 Å². The van der Waals surface area contributed by atoms with Crippen LogP contribution in [0.4, 0.5) is 5.13 Å². The van der Waals surface area contributed by atoms with Crippen molar-refractivity contribution in [1.29, 1.82) is 0 Å². The largest absolute Gasteiger partial charge is 0.385 e. The zero-order valence-electron chi connectivity index (χ0n) is 20.9. The average molecular weight is 570 g/mol. The first-order valence-corrected chi connectivity index (χ1v) is 14.1. The van der Waals surface area contributed by atoms with Crippen molar-refractivity contribution in [2.45, 2.75) is 12.6 Å². The van der Waals surface area contributed by atoms with Crippen LogP contribution in [0.15, 0.2) is 77.8 Å². The summed E-state index contributed by atoms with van der Waals surface area (Å²) < 4.78 is 2.56. The highest BCUT2D eigenvalue weighted by Crippen LogP contribution is 2.28. The molecule has 5 heterocycles. The first-order chi connectivity index (χ1) is 19.5. The van der Waals surface area contributed by atoms with Crippen LogP contribution in [-0.4, -0.2) is 42.8 Å². The Balaban J connectivity index is 1.28. The molecule has 0 aliphatic carbocycles. The smallest absolute Gasteiger partial charge is 0.270 e. The van der Waals surface area contributed by atoms with Crippen LogP contribution in [0.2, 0.25) is 0 Å². The Morgan fingerprint density at radius 1 is 1.05 bits per heavy atom. The summed E-state index contributed by atoms with van der Waals surface area (Å²) in [6, 6.07) is 16.2. The number of fused-ring (bicyclic) bond motifs is 2. The number of pyridine rings is 2. The molecule has 2 amide bonds. The van der Waals surface area contributed by atoms with Crippen LogP contribution < -0.4 is 16.4 Å². The molecular weight excluding hydrogens is 546 g/mol. The summed E-state index contributed by atoms with van der Waals surface area (Å²) in [6.07, 6.45) is 2.30. The second-order valence-corrected chi connectivity index (χ2v) is 10.8. The van der Waals surface area contributed by atoms with Gasteiger partial charge in [0.15, 0.2) is 10.8 Å². The maximum atomic E-state index is 13.5. The molecule has 40 heavy (non-hydrogen) atoms. The molecule has 0 aliphatic rings. The van der Waals surface area contributed by atoms with Crippen molar-refractivity contribution < 1.29 is 14.7 Å². The van der Waals surface area contributed by atoms with Gasteiger partial charge in [0.2, 0.25) is 0 Å². The molecule has 0 radical (unpaired) electrons. The molecule has 12 heteroatoms. The monoisotopic (exact) mass is 569 g/mol. The van der Waals surface area contributed by atoms with E-state index in [1.54, 1.807) is 47.1 Å². The quantitative estimate of drug-likeness (QED) is 0.216. The highest BCUT2D eigenvalue weighted by atomic mass is 32.1. The number of rotatable bonds is 8. The van der Waals surface area contributed by atoms with Gasteiger partial charge in [0.25, 0.3) is 11.8 Å². The number of aromatic nitrogens is 4. The van der Waals surface area contributed by atoms with Gasteiger partial charge >= 0.3 is 0 Å². The lowest BCUT2D eigenvalue weighted by Crippen LogP contribution is -2.30. The molecule has 0 fully saturated rings. The van der Waals surface area contributed by atoms with Crippen molar-refractivity contribution in [3.8, 4) is 11.3 Å². The van der Waals surface area contributed by atoms with Crippen molar-refractivity contribution in [2.24, 2.45) is 0 Å². The molecule has 5 aromatic heterocycles. The zero-order chi connectivity index (χ0) is 27.6. The Morgan fingerprint density at radius 2 is 1.95 bits per heavy atom. The van der Waals surface area contributed by atoms with Gasteiger partial charge in [-0.05, 0) is 53.4 Å². The number of thiophene rings is 1. The number of hydrogen-bond acceptors (Lipinski definition) is 9.